The molecule has 0 aromatic heterocycles. The third-order valence-electron chi connectivity index (χ3n) is 2.51. The Morgan fingerprint density at radius 3 is 2.56 bits per heavy atom. The maximum absolute atomic E-state index is 10.7. The van der Waals surface area contributed by atoms with E-state index in [0.717, 1.165) is 28.4 Å². The van der Waals surface area contributed by atoms with Crippen LogP contribution in [0.15, 0.2) is 36.4 Å². The number of halogens is 1. The number of alkyl halides is 1. The average molecular weight is 279 g/mol. The fourth-order valence-electron chi connectivity index (χ4n) is 1.62. The van der Waals surface area contributed by atoms with Gasteiger partial charge in [0.1, 0.15) is 12.0 Å². The fraction of sp³-hybridized carbons (Fsp3) is 0.154. The number of methoxy groups -OCH3 is 1. The number of aldehydes is 1. The summed E-state index contributed by atoms with van der Waals surface area (Å²) in [5, 5.41) is 2.21. The van der Waals surface area contributed by atoms with Gasteiger partial charge in [-0.05, 0) is 34.5 Å². The minimum atomic E-state index is -0.237. The van der Waals surface area contributed by atoms with Gasteiger partial charge in [0.15, 0.2) is 0 Å². The van der Waals surface area contributed by atoms with Crippen LogP contribution in [0.1, 0.15) is 10.4 Å². The molecule has 0 saturated heterocycles. The molecule has 0 amide bonds. The van der Waals surface area contributed by atoms with Crippen LogP contribution < -0.4 is 4.74 Å². The van der Waals surface area contributed by atoms with Crippen molar-refractivity contribution < 1.29 is 9.53 Å². The minimum Gasteiger partial charge on any atom is -0.497 e. The van der Waals surface area contributed by atoms with E-state index in [1.54, 1.807) is 7.11 Å². The van der Waals surface area contributed by atoms with Gasteiger partial charge < -0.3 is 9.53 Å². The van der Waals surface area contributed by atoms with E-state index < -0.39 is 0 Å². The molecule has 0 aliphatic carbocycles. The van der Waals surface area contributed by atoms with E-state index in [-0.39, 0.29) is 4.83 Å². The number of benzene rings is 2. The Morgan fingerprint density at radius 1 is 1.19 bits per heavy atom. The van der Waals surface area contributed by atoms with E-state index in [1.165, 1.54) is 0 Å². The molecular weight excluding hydrogens is 268 g/mol. The summed E-state index contributed by atoms with van der Waals surface area (Å²) in [6.45, 7) is 0. The molecule has 1 unspecified atom stereocenters. The second-order valence-electron chi connectivity index (χ2n) is 3.51. The standard InChI is InChI=1S/C13H11BrO2/c1-16-12-5-4-9-6-11(13(14)8-15)3-2-10(9)7-12/h2-8,13H,1H3. The first-order valence-electron chi connectivity index (χ1n) is 4.91. The molecule has 2 aromatic rings. The average Bonchev–Trinajstić information content (AvgIpc) is 2.36. The van der Waals surface area contributed by atoms with Crippen LogP contribution >= 0.6 is 15.9 Å². The zero-order chi connectivity index (χ0) is 11.5. The molecule has 0 N–H and O–H groups in total. The monoisotopic (exact) mass is 278 g/mol. The first kappa shape index (κ1) is 11.1. The lowest BCUT2D eigenvalue weighted by atomic mass is 10.1. The summed E-state index contributed by atoms with van der Waals surface area (Å²) in [6.07, 6.45) is 0.880. The van der Waals surface area contributed by atoms with Crippen molar-refractivity contribution in [2.24, 2.45) is 0 Å². The molecule has 16 heavy (non-hydrogen) atoms. The summed E-state index contributed by atoms with van der Waals surface area (Å²) >= 11 is 3.31. The highest BCUT2D eigenvalue weighted by Gasteiger charge is 2.06. The summed E-state index contributed by atoms with van der Waals surface area (Å²) in [5.74, 6) is 0.839. The van der Waals surface area contributed by atoms with Crippen LogP contribution in [0.4, 0.5) is 0 Å². The van der Waals surface area contributed by atoms with Gasteiger partial charge in [-0.1, -0.05) is 34.1 Å². The Bertz CT molecular complexity index is 522. The van der Waals surface area contributed by atoms with E-state index >= 15 is 0 Å². The zero-order valence-electron chi connectivity index (χ0n) is 8.81. The van der Waals surface area contributed by atoms with Crippen molar-refractivity contribution in [2.75, 3.05) is 7.11 Å². The van der Waals surface area contributed by atoms with Gasteiger partial charge in [-0.3, -0.25) is 0 Å². The van der Waals surface area contributed by atoms with Gasteiger partial charge in [0.05, 0.1) is 11.9 Å². The zero-order valence-corrected chi connectivity index (χ0v) is 10.4. The van der Waals surface area contributed by atoms with Crippen molar-refractivity contribution in [3.63, 3.8) is 0 Å². The Labute approximate surface area is 102 Å². The van der Waals surface area contributed by atoms with Crippen LogP contribution in [0.2, 0.25) is 0 Å². The highest BCUT2D eigenvalue weighted by molar-refractivity contribution is 9.09. The van der Waals surface area contributed by atoms with Crippen LogP contribution in [-0.2, 0) is 4.79 Å². The summed E-state index contributed by atoms with van der Waals surface area (Å²) in [6, 6.07) is 11.8. The molecule has 0 fully saturated rings. The molecule has 0 aliphatic rings. The molecule has 1 atom stereocenters. The Morgan fingerprint density at radius 2 is 1.88 bits per heavy atom. The van der Waals surface area contributed by atoms with Gasteiger partial charge >= 0.3 is 0 Å². The van der Waals surface area contributed by atoms with E-state index in [1.807, 2.05) is 36.4 Å². The molecule has 3 heteroatoms. The number of hydrogen-bond acceptors (Lipinski definition) is 2. The summed E-state index contributed by atoms with van der Waals surface area (Å²) in [5.41, 5.74) is 0.965. The highest BCUT2D eigenvalue weighted by atomic mass is 79.9. The van der Waals surface area contributed by atoms with E-state index in [4.69, 9.17) is 4.74 Å². The summed E-state index contributed by atoms with van der Waals surface area (Å²) < 4.78 is 5.16. The number of rotatable bonds is 3. The molecule has 2 rings (SSSR count). The maximum atomic E-state index is 10.7. The molecule has 0 saturated carbocycles. The quantitative estimate of drug-likeness (QED) is 0.635. The van der Waals surface area contributed by atoms with Gasteiger partial charge in [-0.15, -0.1) is 0 Å². The topological polar surface area (TPSA) is 26.3 Å². The molecule has 0 bridgehead atoms. The minimum absolute atomic E-state index is 0.237. The van der Waals surface area contributed by atoms with Crippen molar-refractivity contribution in [1.82, 2.24) is 0 Å². The molecule has 0 radical (unpaired) electrons. The smallest absolute Gasteiger partial charge is 0.138 e. The molecular formula is C13H11BrO2. The second kappa shape index (κ2) is 4.66. The Hall–Kier alpha value is -1.35. The van der Waals surface area contributed by atoms with Crippen LogP contribution in [0.3, 0.4) is 0 Å². The molecule has 0 aliphatic heterocycles. The number of hydrogen-bond donors (Lipinski definition) is 0. The second-order valence-corrected chi connectivity index (χ2v) is 4.50. The number of carbonyl (C=O) groups excluding carboxylic acids is 1. The molecule has 2 nitrogen and oxygen atoms in total. The molecule has 2 aromatic carbocycles. The highest BCUT2D eigenvalue weighted by Crippen LogP contribution is 2.26. The van der Waals surface area contributed by atoms with Crippen LogP contribution in [0, 0.1) is 0 Å². The predicted octanol–water partition coefficient (Wildman–Crippen LogP) is 3.48. The SMILES string of the molecule is COc1ccc2cc(C(Br)C=O)ccc2c1. The van der Waals surface area contributed by atoms with Crippen LogP contribution in [0.5, 0.6) is 5.75 Å². The van der Waals surface area contributed by atoms with Crippen LogP contribution in [0.25, 0.3) is 10.8 Å². The first-order valence-corrected chi connectivity index (χ1v) is 5.83. The van der Waals surface area contributed by atoms with Gasteiger partial charge in [-0.25, -0.2) is 0 Å². The Balaban J connectivity index is 2.51. The van der Waals surface area contributed by atoms with Crippen molar-refractivity contribution in [1.29, 1.82) is 0 Å². The first-order chi connectivity index (χ1) is 7.74. The summed E-state index contributed by atoms with van der Waals surface area (Å²) in [4.78, 5) is 10.4. The largest absolute Gasteiger partial charge is 0.497 e. The number of fused-ring (bicyclic) bond motifs is 1. The predicted molar refractivity (Wildman–Crippen MR) is 68.2 cm³/mol. The third kappa shape index (κ3) is 2.09. The Kier molecular flexibility index (Phi) is 3.25. The van der Waals surface area contributed by atoms with Crippen LogP contribution in [-0.4, -0.2) is 13.4 Å². The number of carbonyl (C=O) groups is 1. The third-order valence-corrected chi connectivity index (χ3v) is 3.25. The van der Waals surface area contributed by atoms with Crippen molar-refractivity contribution in [3.05, 3.63) is 42.0 Å². The van der Waals surface area contributed by atoms with Gasteiger partial charge in [0, 0.05) is 0 Å². The van der Waals surface area contributed by atoms with E-state index in [2.05, 4.69) is 15.9 Å². The van der Waals surface area contributed by atoms with Gasteiger partial charge in [0.2, 0.25) is 0 Å². The lowest BCUT2D eigenvalue weighted by Crippen LogP contribution is -1.90. The van der Waals surface area contributed by atoms with Crippen molar-refractivity contribution in [3.8, 4) is 5.75 Å². The van der Waals surface area contributed by atoms with Crippen molar-refractivity contribution >= 4 is 33.0 Å². The molecule has 82 valence electrons. The lowest BCUT2D eigenvalue weighted by molar-refractivity contribution is -0.107. The van der Waals surface area contributed by atoms with Crippen molar-refractivity contribution in [2.45, 2.75) is 4.83 Å². The fourth-order valence-corrected chi connectivity index (χ4v) is 1.90. The normalized spacial score (nSPS) is 12.4. The number of ether oxygens (including phenoxy) is 1. The van der Waals surface area contributed by atoms with E-state index in [0.29, 0.717) is 0 Å². The van der Waals surface area contributed by atoms with Gasteiger partial charge in [-0.2, -0.15) is 0 Å². The maximum Gasteiger partial charge on any atom is 0.138 e. The molecule has 0 spiro atoms. The van der Waals surface area contributed by atoms with E-state index in [9.17, 15) is 4.79 Å². The molecule has 0 heterocycles. The summed E-state index contributed by atoms with van der Waals surface area (Å²) in [7, 11) is 1.65. The van der Waals surface area contributed by atoms with Gasteiger partial charge in [0.25, 0.3) is 0 Å². The lowest BCUT2D eigenvalue weighted by Gasteiger charge is -2.06.